The van der Waals surface area contributed by atoms with Crippen molar-refractivity contribution in [3.8, 4) is 22.3 Å². The van der Waals surface area contributed by atoms with E-state index in [-0.39, 0.29) is 28.4 Å². The van der Waals surface area contributed by atoms with Crippen molar-refractivity contribution in [2.24, 2.45) is 0 Å². The molecule has 9 aromatic rings. The van der Waals surface area contributed by atoms with E-state index >= 15 is 0 Å². The third kappa shape index (κ3) is 7.53. The molecule has 0 spiro atoms. The summed E-state index contributed by atoms with van der Waals surface area (Å²) in [5.74, 6) is 0. The highest BCUT2D eigenvalue weighted by Gasteiger charge is 2.49. The van der Waals surface area contributed by atoms with Gasteiger partial charge < -0.3 is 14.7 Å². The van der Waals surface area contributed by atoms with Crippen LogP contribution < -0.4 is 31.1 Å². The third-order valence-electron chi connectivity index (χ3n) is 17.9. The van der Waals surface area contributed by atoms with Gasteiger partial charge in [0.05, 0.1) is 5.69 Å². The predicted octanol–water partition coefficient (Wildman–Crippen LogP) is 17.5. The van der Waals surface area contributed by atoms with Crippen molar-refractivity contribution in [2.75, 3.05) is 14.7 Å². The first-order valence-electron chi connectivity index (χ1n) is 27.4. The third-order valence-corrected chi connectivity index (χ3v) is 17.9. The monoisotopic (exact) mass is 974 g/mol. The van der Waals surface area contributed by atoms with Gasteiger partial charge in [-0.15, -0.1) is 0 Å². The Balaban J connectivity index is 1.19. The molecule has 0 bridgehead atoms. The largest absolute Gasteiger partial charge is 0.311 e. The highest BCUT2D eigenvalue weighted by Crippen LogP contribution is 2.56. The van der Waals surface area contributed by atoms with Crippen molar-refractivity contribution < 1.29 is 0 Å². The van der Waals surface area contributed by atoms with Gasteiger partial charge in [0.15, 0.2) is 0 Å². The van der Waals surface area contributed by atoms with Crippen molar-refractivity contribution in [3.63, 3.8) is 0 Å². The molecule has 0 unspecified atom stereocenters. The summed E-state index contributed by atoms with van der Waals surface area (Å²) in [6.07, 6.45) is 3.42. The van der Waals surface area contributed by atoms with Gasteiger partial charge >= 0.3 is 0 Å². The summed E-state index contributed by atoms with van der Waals surface area (Å²) in [6, 6.07) is 73.7. The van der Waals surface area contributed by atoms with E-state index in [2.05, 4.69) is 278 Å². The zero-order chi connectivity index (χ0) is 51.8. The van der Waals surface area contributed by atoms with E-state index < -0.39 is 0 Å². The second-order valence-electron chi connectivity index (χ2n) is 24.9. The van der Waals surface area contributed by atoms with Crippen molar-refractivity contribution >= 4 is 74.3 Å². The molecule has 0 saturated heterocycles. The van der Waals surface area contributed by atoms with Crippen LogP contribution in [0.2, 0.25) is 0 Å². The predicted molar refractivity (Wildman–Crippen MR) is 321 cm³/mol. The second-order valence-corrected chi connectivity index (χ2v) is 24.9. The summed E-state index contributed by atoms with van der Waals surface area (Å²) < 4.78 is 0. The Morgan fingerprint density at radius 1 is 0.347 bits per heavy atom. The summed E-state index contributed by atoms with van der Waals surface area (Å²) in [6.45, 7) is 24.4. The molecule has 370 valence electrons. The molecule has 0 saturated carbocycles. The molecule has 2 heterocycles. The SMILES string of the molecule is Cc1cc(-c2ccccc2)ccc1N1c2ccc(-c3ccccc3)cc2B2c3cc4c(cc3N(c3cc5c(cc3C)C(C)(C)CCC5(C)C)c3cc(N(c5ccccc5)c5ccccc5)cc1c32)C(C)(C)CC4(C)C. The average molecular weight is 974 g/mol. The number of aryl methyl sites for hydroxylation is 2. The van der Waals surface area contributed by atoms with Crippen molar-refractivity contribution in [2.45, 2.75) is 110 Å². The lowest BCUT2D eigenvalue weighted by molar-refractivity contribution is 0.332. The first kappa shape index (κ1) is 47.2. The standard InChI is InChI=1S/C71H68BN3/c1-46-37-50(48-23-15-11-16-24-48)31-33-61(46)74-62-34-32-51(49-25-17-12-18-26-49)39-59(62)72-60-42-56-58(71(9,10)45-70(56,7)8)44-64(60)75(63-43-57-55(38-47(63)2)68(3,4)35-36-69(57,5)6)66-41-54(40-65(74)67(66)72)73(52-27-19-13-20-28-52)53-29-21-14-22-30-53/h11-34,37-44H,35-36,45H2,1-10H3. The Hall–Kier alpha value is -7.56. The van der Waals surface area contributed by atoms with Gasteiger partial charge in [-0.1, -0.05) is 183 Å². The fraction of sp³-hybridized carbons (Fsp3) is 0.239. The van der Waals surface area contributed by atoms with Gasteiger partial charge in [0, 0.05) is 45.5 Å². The van der Waals surface area contributed by atoms with E-state index in [0.29, 0.717) is 0 Å². The van der Waals surface area contributed by atoms with E-state index in [1.54, 1.807) is 0 Å². The van der Waals surface area contributed by atoms with E-state index in [1.807, 2.05) is 0 Å². The molecule has 0 N–H and O–H groups in total. The maximum absolute atomic E-state index is 2.73. The van der Waals surface area contributed by atoms with E-state index in [4.69, 9.17) is 0 Å². The molecule has 75 heavy (non-hydrogen) atoms. The Bertz CT molecular complexity index is 3680. The van der Waals surface area contributed by atoms with Crippen LogP contribution in [0.25, 0.3) is 22.3 Å². The zero-order valence-corrected chi connectivity index (χ0v) is 45.5. The van der Waals surface area contributed by atoms with Gasteiger partial charge in [-0.05, 0) is 194 Å². The molecule has 3 nitrogen and oxygen atoms in total. The number of anilines is 9. The minimum Gasteiger partial charge on any atom is -0.311 e. The molecular formula is C71H68BN3. The molecule has 2 aliphatic carbocycles. The maximum atomic E-state index is 2.73. The van der Waals surface area contributed by atoms with Crippen LogP contribution in [0, 0.1) is 13.8 Å². The summed E-state index contributed by atoms with van der Waals surface area (Å²) in [5.41, 5.74) is 28.2. The Labute approximate surface area is 446 Å². The van der Waals surface area contributed by atoms with Crippen molar-refractivity contribution in [1.29, 1.82) is 0 Å². The van der Waals surface area contributed by atoms with E-state index in [0.717, 1.165) is 29.9 Å². The maximum Gasteiger partial charge on any atom is 0.252 e. The fourth-order valence-corrected chi connectivity index (χ4v) is 14.2. The minimum atomic E-state index is -0.0610. The normalized spacial score (nSPS) is 16.9. The van der Waals surface area contributed by atoms with E-state index in [1.165, 1.54) is 113 Å². The fourth-order valence-electron chi connectivity index (χ4n) is 14.2. The van der Waals surface area contributed by atoms with Gasteiger partial charge in [0.25, 0.3) is 6.71 Å². The molecule has 2 aliphatic heterocycles. The summed E-state index contributed by atoms with van der Waals surface area (Å²) in [5, 5.41) is 0. The molecule has 4 aliphatic rings. The summed E-state index contributed by atoms with van der Waals surface area (Å²) in [7, 11) is 0. The van der Waals surface area contributed by atoms with Crippen molar-refractivity contribution in [1.82, 2.24) is 0 Å². The van der Waals surface area contributed by atoms with Gasteiger partial charge in [-0.25, -0.2) is 0 Å². The van der Waals surface area contributed by atoms with Gasteiger partial charge in [0.2, 0.25) is 0 Å². The molecular weight excluding hydrogens is 906 g/mol. The highest BCUT2D eigenvalue weighted by atomic mass is 15.2. The molecule has 0 fully saturated rings. The number of nitrogens with zero attached hydrogens (tertiary/aromatic N) is 3. The average Bonchev–Trinajstić information content (AvgIpc) is 3.64. The summed E-state index contributed by atoms with van der Waals surface area (Å²) >= 11 is 0. The van der Waals surface area contributed by atoms with Crippen molar-refractivity contribution in [3.05, 3.63) is 228 Å². The van der Waals surface area contributed by atoms with Crippen LogP contribution in [0.4, 0.5) is 51.2 Å². The number of hydrogen-bond donors (Lipinski definition) is 0. The zero-order valence-electron chi connectivity index (χ0n) is 45.5. The van der Waals surface area contributed by atoms with Crippen LogP contribution >= 0.6 is 0 Å². The first-order chi connectivity index (χ1) is 36.0. The number of rotatable bonds is 7. The number of fused-ring (bicyclic) bond motifs is 6. The topological polar surface area (TPSA) is 9.72 Å². The smallest absolute Gasteiger partial charge is 0.252 e. The lowest BCUT2D eigenvalue weighted by Gasteiger charge is -2.47. The highest BCUT2D eigenvalue weighted by molar-refractivity contribution is 7.00. The molecule has 9 aromatic carbocycles. The van der Waals surface area contributed by atoms with E-state index in [9.17, 15) is 0 Å². The van der Waals surface area contributed by atoms with Crippen LogP contribution in [-0.2, 0) is 21.7 Å². The Morgan fingerprint density at radius 3 is 1.32 bits per heavy atom. The lowest BCUT2D eigenvalue weighted by Crippen LogP contribution is -2.61. The molecule has 0 atom stereocenters. The Kier molecular flexibility index (Phi) is 10.7. The molecule has 0 amide bonds. The molecule has 4 heteroatoms. The number of hydrogen-bond acceptors (Lipinski definition) is 3. The van der Waals surface area contributed by atoms with Crippen LogP contribution in [0.3, 0.4) is 0 Å². The van der Waals surface area contributed by atoms with Crippen LogP contribution in [0.5, 0.6) is 0 Å². The number of benzene rings is 9. The minimum absolute atomic E-state index is 0.00189. The molecule has 13 rings (SSSR count). The number of para-hydroxylation sites is 2. The molecule has 0 aromatic heterocycles. The first-order valence-corrected chi connectivity index (χ1v) is 27.4. The van der Waals surface area contributed by atoms with Crippen LogP contribution in [0.1, 0.15) is 108 Å². The Morgan fingerprint density at radius 2 is 0.773 bits per heavy atom. The second kappa shape index (κ2) is 17.0. The molecule has 0 radical (unpaired) electrons. The van der Waals surface area contributed by atoms with Gasteiger partial charge in [-0.3, -0.25) is 0 Å². The van der Waals surface area contributed by atoms with Gasteiger partial charge in [-0.2, -0.15) is 0 Å². The van der Waals surface area contributed by atoms with Crippen LogP contribution in [-0.4, -0.2) is 6.71 Å². The van der Waals surface area contributed by atoms with Crippen LogP contribution in [0.15, 0.2) is 194 Å². The quantitative estimate of drug-likeness (QED) is 0.147. The van der Waals surface area contributed by atoms with Gasteiger partial charge in [0.1, 0.15) is 0 Å². The summed E-state index contributed by atoms with van der Waals surface area (Å²) in [4.78, 5) is 7.82. The lowest BCUT2D eigenvalue weighted by atomic mass is 9.33.